The molecule has 3 heterocycles. The third-order valence-corrected chi connectivity index (χ3v) is 4.47. The Balaban J connectivity index is 1.94. The average molecular weight is 305 g/mol. The average Bonchev–Trinajstić information content (AvgIpc) is 2.98. The molecule has 0 radical (unpaired) electrons. The van der Waals surface area contributed by atoms with E-state index >= 15 is 0 Å². The SMILES string of the molecule is CCC(O)(CC)Cn1cnc2c(N3CCOCC3)ncnc21. The van der Waals surface area contributed by atoms with E-state index in [9.17, 15) is 5.11 Å². The van der Waals surface area contributed by atoms with Crippen molar-refractivity contribution >= 4 is 17.0 Å². The molecule has 0 amide bonds. The number of ether oxygens (including phenoxy) is 1. The van der Waals surface area contributed by atoms with Gasteiger partial charge in [-0.1, -0.05) is 13.8 Å². The van der Waals surface area contributed by atoms with Crippen molar-refractivity contribution in [2.45, 2.75) is 38.8 Å². The van der Waals surface area contributed by atoms with Crippen LogP contribution in [0, 0.1) is 0 Å². The van der Waals surface area contributed by atoms with Gasteiger partial charge in [-0.15, -0.1) is 0 Å². The minimum absolute atomic E-state index is 0.496. The second-order valence-electron chi connectivity index (χ2n) is 5.77. The molecular weight excluding hydrogens is 282 g/mol. The first-order chi connectivity index (χ1) is 10.7. The van der Waals surface area contributed by atoms with Crippen molar-refractivity contribution in [3.05, 3.63) is 12.7 Å². The van der Waals surface area contributed by atoms with Crippen LogP contribution in [-0.4, -0.2) is 56.5 Å². The summed E-state index contributed by atoms with van der Waals surface area (Å²) in [6, 6.07) is 0. The van der Waals surface area contributed by atoms with Gasteiger partial charge in [-0.2, -0.15) is 0 Å². The van der Waals surface area contributed by atoms with Gasteiger partial charge in [0.05, 0.1) is 31.7 Å². The van der Waals surface area contributed by atoms with Crippen molar-refractivity contribution in [1.29, 1.82) is 0 Å². The molecule has 1 saturated heterocycles. The van der Waals surface area contributed by atoms with Gasteiger partial charge >= 0.3 is 0 Å². The maximum absolute atomic E-state index is 10.6. The zero-order valence-electron chi connectivity index (χ0n) is 13.2. The zero-order chi connectivity index (χ0) is 15.6. The van der Waals surface area contributed by atoms with Crippen LogP contribution >= 0.6 is 0 Å². The summed E-state index contributed by atoms with van der Waals surface area (Å²) in [6.07, 6.45) is 4.72. The fourth-order valence-corrected chi connectivity index (χ4v) is 2.78. The molecule has 0 spiro atoms. The van der Waals surface area contributed by atoms with Gasteiger partial charge in [0.1, 0.15) is 6.33 Å². The quantitative estimate of drug-likeness (QED) is 0.895. The Labute approximate surface area is 130 Å². The van der Waals surface area contributed by atoms with Gasteiger partial charge in [-0.05, 0) is 12.8 Å². The molecule has 2 aromatic heterocycles. The number of anilines is 1. The molecular formula is C15H23N5O2. The second kappa shape index (κ2) is 6.18. The summed E-state index contributed by atoms with van der Waals surface area (Å²) >= 11 is 0. The highest BCUT2D eigenvalue weighted by atomic mass is 16.5. The van der Waals surface area contributed by atoms with Crippen molar-refractivity contribution in [3.63, 3.8) is 0 Å². The first-order valence-electron chi connectivity index (χ1n) is 7.88. The van der Waals surface area contributed by atoms with E-state index < -0.39 is 5.60 Å². The van der Waals surface area contributed by atoms with E-state index in [-0.39, 0.29) is 0 Å². The van der Waals surface area contributed by atoms with Crippen molar-refractivity contribution < 1.29 is 9.84 Å². The molecule has 0 aromatic carbocycles. The molecule has 0 aliphatic carbocycles. The van der Waals surface area contributed by atoms with E-state index in [1.54, 1.807) is 12.7 Å². The molecule has 2 aromatic rings. The third-order valence-electron chi connectivity index (χ3n) is 4.47. The lowest BCUT2D eigenvalue weighted by molar-refractivity contribution is 0.0159. The highest BCUT2D eigenvalue weighted by Gasteiger charge is 2.25. The van der Waals surface area contributed by atoms with Gasteiger partial charge in [-0.25, -0.2) is 15.0 Å². The molecule has 3 rings (SSSR count). The predicted octanol–water partition coefficient (Wildman–Crippen LogP) is 1.21. The zero-order valence-corrected chi connectivity index (χ0v) is 13.2. The monoisotopic (exact) mass is 305 g/mol. The first-order valence-corrected chi connectivity index (χ1v) is 7.88. The fraction of sp³-hybridized carbons (Fsp3) is 0.667. The van der Waals surface area contributed by atoms with Gasteiger partial charge in [-0.3, -0.25) is 0 Å². The molecule has 0 atom stereocenters. The highest BCUT2D eigenvalue weighted by Crippen LogP contribution is 2.25. The topological polar surface area (TPSA) is 76.3 Å². The highest BCUT2D eigenvalue weighted by molar-refractivity contribution is 5.83. The number of aromatic nitrogens is 4. The molecule has 1 aliphatic heterocycles. The van der Waals surface area contributed by atoms with Gasteiger partial charge in [0, 0.05) is 13.1 Å². The summed E-state index contributed by atoms with van der Waals surface area (Å²) in [5, 5.41) is 10.6. The van der Waals surface area contributed by atoms with Crippen LogP contribution < -0.4 is 4.90 Å². The summed E-state index contributed by atoms with van der Waals surface area (Å²) in [4.78, 5) is 15.4. The van der Waals surface area contributed by atoms with E-state index in [1.165, 1.54) is 0 Å². The Hall–Kier alpha value is -1.73. The summed E-state index contributed by atoms with van der Waals surface area (Å²) in [6.45, 7) is 7.53. The summed E-state index contributed by atoms with van der Waals surface area (Å²) in [7, 11) is 0. The van der Waals surface area contributed by atoms with E-state index in [0.29, 0.717) is 32.6 Å². The minimum atomic E-state index is -0.724. The maximum Gasteiger partial charge on any atom is 0.165 e. The van der Waals surface area contributed by atoms with Crippen LogP contribution in [0.5, 0.6) is 0 Å². The molecule has 1 fully saturated rings. The Morgan fingerprint density at radius 3 is 2.59 bits per heavy atom. The van der Waals surface area contributed by atoms with Crippen molar-refractivity contribution in [2.75, 3.05) is 31.2 Å². The van der Waals surface area contributed by atoms with Crippen LogP contribution in [0.1, 0.15) is 26.7 Å². The van der Waals surface area contributed by atoms with E-state index in [1.807, 2.05) is 18.4 Å². The van der Waals surface area contributed by atoms with Crippen LogP contribution in [0.3, 0.4) is 0 Å². The van der Waals surface area contributed by atoms with Gasteiger partial charge in [0.2, 0.25) is 0 Å². The summed E-state index contributed by atoms with van der Waals surface area (Å²) in [5.41, 5.74) is 0.841. The predicted molar refractivity (Wildman–Crippen MR) is 83.9 cm³/mol. The number of hydrogen-bond acceptors (Lipinski definition) is 6. The number of aliphatic hydroxyl groups is 1. The molecule has 0 saturated carbocycles. The largest absolute Gasteiger partial charge is 0.388 e. The van der Waals surface area contributed by atoms with Crippen LogP contribution in [0.15, 0.2) is 12.7 Å². The molecule has 120 valence electrons. The molecule has 1 aliphatic rings. The molecule has 7 heteroatoms. The van der Waals surface area contributed by atoms with Crippen molar-refractivity contribution in [2.24, 2.45) is 0 Å². The lowest BCUT2D eigenvalue weighted by Crippen LogP contribution is -2.37. The van der Waals surface area contributed by atoms with Gasteiger partial charge in [0.15, 0.2) is 17.0 Å². The molecule has 22 heavy (non-hydrogen) atoms. The van der Waals surface area contributed by atoms with Crippen molar-refractivity contribution in [1.82, 2.24) is 19.5 Å². The summed E-state index contributed by atoms with van der Waals surface area (Å²) < 4.78 is 7.31. The van der Waals surface area contributed by atoms with Crippen LogP contribution in [0.2, 0.25) is 0 Å². The first kappa shape index (κ1) is 15.2. The number of morpholine rings is 1. The minimum Gasteiger partial charge on any atom is -0.388 e. The third kappa shape index (κ3) is 2.78. The fourth-order valence-electron chi connectivity index (χ4n) is 2.78. The van der Waals surface area contributed by atoms with E-state index in [4.69, 9.17) is 4.74 Å². The number of imidazole rings is 1. The smallest absolute Gasteiger partial charge is 0.165 e. The van der Waals surface area contributed by atoms with E-state index in [0.717, 1.165) is 30.1 Å². The van der Waals surface area contributed by atoms with Crippen LogP contribution in [-0.2, 0) is 11.3 Å². The number of fused-ring (bicyclic) bond motifs is 1. The molecule has 0 bridgehead atoms. The number of hydrogen-bond donors (Lipinski definition) is 1. The van der Waals surface area contributed by atoms with Gasteiger partial charge < -0.3 is 19.3 Å². The van der Waals surface area contributed by atoms with Crippen LogP contribution in [0.4, 0.5) is 5.82 Å². The normalized spacial score (nSPS) is 16.4. The Morgan fingerprint density at radius 2 is 1.91 bits per heavy atom. The molecule has 7 nitrogen and oxygen atoms in total. The number of nitrogens with zero attached hydrogens (tertiary/aromatic N) is 5. The Morgan fingerprint density at radius 1 is 1.18 bits per heavy atom. The summed E-state index contributed by atoms with van der Waals surface area (Å²) in [5.74, 6) is 0.851. The van der Waals surface area contributed by atoms with Gasteiger partial charge in [0.25, 0.3) is 0 Å². The lowest BCUT2D eigenvalue weighted by Gasteiger charge is -2.28. The Kier molecular flexibility index (Phi) is 4.26. The number of rotatable bonds is 5. The van der Waals surface area contributed by atoms with Crippen LogP contribution in [0.25, 0.3) is 11.2 Å². The maximum atomic E-state index is 10.6. The Bertz CT molecular complexity index is 632. The lowest BCUT2D eigenvalue weighted by atomic mass is 9.97. The molecule has 1 N–H and O–H groups in total. The standard InChI is InChI=1S/C15H23N5O2/c1-3-15(21,4-2)9-20-11-18-12-13(16-10-17-14(12)20)19-5-7-22-8-6-19/h10-11,21H,3-9H2,1-2H3. The van der Waals surface area contributed by atoms with Crippen molar-refractivity contribution in [3.8, 4) is 0 Å². The molecule has 0 unspecified atom stereocenters. The van der Waals surface area contributed by atoms with E-state index in [2.05, 4.69) is 19.9 Å². The second-order valence-corrected chi connectivity index (χ2v) is 5.77.